The van der Waals surface area contributed by atoms with E-state index in [1.54, 1.807) is 0 Å². The Balaban J connectivity index is 1.26. The van der Waals surface area contributed by atoms with Crippen LogP contribution in [0.3, 0.4) is 0 Å². The number of nitrogens with one attached hydrogen (secondary N) is 1. The molecule has 7 nitrogen and oxygen atoms in total. The quantitative estimate of drug-likeness (QED) is 0.690. The third kappa shape index (κ3) is 6.02. The molecular weight excluding hydrogens is 390 g/mol. The van der Waals surface area contributed by atoms with Crippen molar-refractivity contribution in [3.8, 4) is 11.3 Å². The van der Waals surface area contributed by atoms with Gasteiger partial charge in [-0.2, -0.15) is 0 Å². The first-order valence-corrected chi connectivity index (χ1v) is 11.4. The van der Waals surface area contributed by atoms with E-state index in [1.807, 2.05) is 18.2 Å². The minimum Gasteiger partial charge on any atom is -0.379 e. The van der Waals surface area contributed by atoms with Crippen molar-refractivity contribution >= 4 is 11.7 Å². The number of benzene rings is 1. The Labute approximate surface area is 184 Å². The number of aryl methyl sites for hydroxylation is 1. The molecule has 0 unspecified atom stereocenters. The molecule has 1 amide bonds. The number of hydrogen-bond acceptors (Lipinski definition) is 6. The normalized spacial score (nSPS) is 19.9. The minimum absolute atomic E-state index is 0.00962. The number of anilines is 1. The van der Waals surface area contributed by atoms with Crippen LogP contribution in [0.15, 0.2) is 36.4 Å². The molecule has 0 bridgehead atoms. The van der Waals surface area contributed by atoms with Crippen LogP contribution in [0.1, 0.15) is 24.8 Å². The van der Waals surface area contributed by atoms with Gasteiger partial charge in [0, 0.05) is 38.3 Å². The fourth-order valence-electron chi connectivity index (χ4n) is 4.33. The van der Waals surface area contributed by atoms with E-state index in [-0.39, 0.29) is 11.8 Å². The summed E-state index contributed by atoms with van der Waals surface area (Å²) in [6.45, 7) is 9.07. The lowest BCUT2D eigenvalue weighted by Crippen LogP contribution is -2.44. The van der Waals surface area contributed by atoms with E-state index in [0.717, 1.165) is 82.3 Å². The molecule has 0 spiro atoms. The van der Waals surface area contributed by atoms with Gasteiger partial charge in [0.1, 0.15) is 0 Å². The third-order valence-electron chi connectivity index (χ3n) is 6.13. The third-order valence-corrected chi connectivity index (χ3v) is 6.13. The van der Waals surface area contributed by atoms with Crippen LogP contribution < -0.4 is 10.2 Å². The second kappa shape index (κ2) is 10.7. The molecule has 0 saturated carbocycles. The average molecular weight is 424 g/mol. The number of amides is 1. The fourth-order valence-corrected chi connectivity index (χ4v) is 4.33. The lowest BCUT2D eigenvalue weighted by molar-refractivity contribution is -0.125. The van der Waals surface area contributed by atoms with E-state index in [2.05, 4.69) is 50.4 Å². The van der Waals surface area contributed by atoms with Crippen LogP contribution in [0.25, 0.3) is 11.3 Å². The predicted molar refractivity (Wildman–Crippen MR) is 122 cm³/mol. The molecule has 166 valence electrons. The number of morpholine rings is 1. The summed E-state index contributed by atoms with van der Waals surface area (Å²) in [6, 6.07) is 12.3. The number of aromatic nitrogens is 2. The van der Waals surface area contributed by atoms with Gasteiger partial charge in [-0.1, -0.05) is 23.8 Å². The molecule has 3 heterocycles. The molecule has 2 saturated heterocycles. The van der Waals surface area contributed by atoms with E-state index in [9.17, 15) is 4.79 Å². The summed E-state index contributed by atoms with van der Waals surface area (Å²) in [4.78, 5) is 17.3. The monoisotopic (exact) mass is 423 g/mol. The van der Waals surface area contributed by atoms with Crippen molar-refractivity contribution in [1.82, 2.24) is 20.4 Å². The zero-order chi connectivity index (χ0) is 21.5. The Hall–Kier alpha value is -2.51. The molecule has 2 aliphatic rings. The van der Waals surface area contributed by atoms with Gasteiger partial charge in [-0.05, 0) is 50.9 Å². The summed E-state index contributed by atoms with van der Waals surface area (Å²) in [5.74, 6) is 1.02. The average Bonchev–Trinajstić information content (AvgIpc) is 2.82. The number of hydrogen-bond donors (Lipinski definition) is 1. The summed E-state index contributed by atoms with van der Waals surface area (Å²) in [6.07, 6.45) is 2.90. The Kier molecular flexibility index (Phi) is 7.48. The number of carbonyl (C=O) groups is 1. The minimum atomic E-state index is 0.00962. The van der Waals surface area contributed by atoms with E-state index in [0.29, 0.717) is 6.54 Å². The van der Waals surface area contributed by atoms with Crippen LogP contribution in [0, 0.1) is 12.8 Å². The molecule has 1 aromatic carbocycles. The summed E-state index contributed by atoms with van der Waals surface area (Å²) in [5.41, 5.74) is 3.16. The van der Waals surface area contributed by atoms with E-state index in [4.69, 9.17) is 4.74 Å². The molecule has 0 aliphatic carbocycles. The van der Waals surface area contributed by atoms with Crippen LogP contribution >= 0.6 is 0 Å². The maximum absolute atomic E-state index is 12.7. The van der Waals surface area contributed by atoms with Gasteiger partial charge < -0.3 is 15.0 Å². The molecule has 2 aromatic rings. The van der Waals surface area contributed by atoms with Gasteiger partial charge in [0.2, 0.25) is 5.91 Å². The van der Waals surface area contributed by atoms with Crippen LogP contribution in [0.2, 0.25) is 0 Å². The van der Waals surface area contributed by atoms with Gasteiger partial charge in [0.15, 0.2) is 5.82 Å². The van der Waals surface area contributed by atoms with Crippen LogP contribution in [0.4, 0.5) is 5.82 Å². The molecule has 2 aliphatic heterocycles. The number of ether oxygens (including phenoxy) is 1. The van der Waals surface area contributed by atoms with Crippen molar-refractivity contribution in [2.45, 2.75) is 26.2 Å². The van der Waals surface area contributed by atoms with Crippen molar-refractivity contribution in [3.63, 3.8) is 0 Å². The molecule has 31 heavy (non-hydrogen) atoms. The standard InChI is InChI=1S/C24H33N5O2/c1-19-5-2-6-20(17-19)22-8-9-23(27-26-22)29-12-3-7-21(18-29)24(30)25-10-4-11-28-13-15-31-16-14-28/h2,5-6,8-9,17,21H,3-4,7,10-16,18H2,1H3,(H,25,30)/t21-/m1/s1. The SMILES string of the molecule is Cc1cccc(-c2ccc(N3CCC[C@@H](C(=O)NCCCN4CCOCC4)C3)nn2)c1. The summed E-state index contributed by atoms with van der Waals surface area (Å²) in [5, 5.41) is 12.0. The first kappa shape index (κ1) is 21.7. The molecule has 7 heteroatoms. The lowest BCUT2D eigenvalue weighted by Gasteiger charge is -2.32. The van der Waals surface area contributed by atoms with Gasteiger partial charge in [0.25, 0.3) is 0 Å². The Morgan fingerprint density at radius 2 is 2.03 bits per heavy atom. The van der Waals surface area contributed by atoms with Crippen molar-refractivity contribution < 1.29 is 9.53 Å². The van der Waals surface area contributed by atoms with E-state index >= 15 is 0 Å². The first-order valence-electron chi connectivity index (χ1n) is 11.4. The van der Waals surface area contributed by atoms with E-state index in [1.165, 1.54) is 5.56 Å². The van der Waals surface area contributed by atoms with Crippen molar-refractivity contribution in [3.05, 3.63) is 42.0 Å². The number of nitrogens with zero attached hydrogens (tertiary/aromatic N) is 4. The highest BCUT2D eigenvalue weighted by atomic mass is 16.5. The lowest BCUT2D eigenvalue weighted by atomic mass is 9.97. The topological polar surface area (TPSA) is 70.6 Å². The molecule has 1 aromatic heterocycles. The number of carbonyl (C=O) groups excluding carboxylic acids is 1. The fraction of sp³-hybridized carbons (Fsp3) is 0.542. The van der Waals surface area contributed by atoms with Crippen molar-refractivity contribution in [2.75, 3.05) is 57.4 Å². The predicted octanol–water partition coefficient (Wildman–Crippen LogP) is 2.51. The zero-order valence-corrected chi connectivity index (χ0v) is 18.4. The van der Waals surface area contributed by atoms with Gasteiger partial charge >= 0.3 is 0 Å². The van der Waals surface area contributed by atoms with Gasteiger partial charge in [-0.15, -0.1) is 10.2 Å². The molecular formula is C24H33N5O2. The Morgan fingerprint density at radius 1 is 1.16 bits per heavy atom. The highest BCUT2D eigenvalue weighted by Crippen LogP contribution is 2.24. The van der Waals surface area contributed by atoms with Crippen LogP contribution in [0.5, 0.6) is 0 Å². The largest absolute Gasteiger partial charge is 0.379 e. The Bertz CT molecular complexity index is 851. The smallest absolute Gasteiger partial charge is 0.224 e. The highest BCUT2D eigenvalue weighted by molar-refractivity contribution is 5.79. The Morgan fingerprint density at radius 3 is 2.81 bits per heavy atom. The van der Waals surface area contributed by atoms with Crippen LogP contribution in [-0.4, -0.2) is 73.5 Å². The zero-order valence-electron chi connectivity index (χ0n) is 18.4. The maximum atomic E-state index is 12.7. The second-order valence-corrected chi connectivity index (χ2v) is 8.53. The molecule has 1 atom stereocenters. The number of rotatable bonds is 7. The first-order chi connectivity index (χ1) is 15.2. The molecule has 2 fully saturated rings. The summed E-state index contributed by atoms with van der Waals surface area (Å²) < 4.78 is 5.38. The van der Waals surface area contributed by atoms with Gasteiger partial charge in [-0.3, -0.25) is 9.69 Å². The van der Waals surface area contributed by atoms with Crippen LogP contribution in [-0.2, 0) is 9.53 Å². The van der Waals surface area contributed by atoms with E-state index < -0.39 is 0 Å². The molecule has 1 N–H and O–H groups in total. The molecule has 4 rings (SSSR count). The molecule has 0 radical (unpaired) electrons. The summed E-state index contributed by atoms with van der Waals surface area (Å²) in [7, 11) is 0. The maximum Gasteiger partial charge on any atom is 0.224 e. The van der Waals surface area contributed by atoms with Gasteiger partial charge in [-0.25, -0.2) is 0 Å². The van der Waals surface area contributed by atoms with Crippen molar-refractivity contribution in [1.29, 1.82) is 0 Å². The second-order valence-electron chi connectivity index (χ2n) is 8.53. The van der Waals surface area contributed by atoms with Crippen molar-refractivity contribution in [2.24, 2.45) is 5.92 Å². The number of piperidine rings is 1. The highest BCUT2D eigenvalue weighted by Gasteiger charge is 2.26. The van der Waals surface area contributed by atoms with Gasteiger partial charge in [0.05, 0.1) is 24.8 Å². The summed E-state index contributed by atoms with van der Waals surface area (Å²) >= 11 is 0.